The van der Waals surface area contributed by atoms with Gasteiger partial charge in [-0.2, -0.15) is 0 Å². The van der Waals surface area contributed by atoms with E-state index in [1.807, 2.05) is 6.92 Å². The lowest BCUT2D eigenvalue weighted by Crippen LogP contribution is -2.15. The molecule has 0 aliphatic carbocycles. The van der Waals surface area contributed by atoms with Crippen molar-refractivity contribution in [2.45, 2.75) is 6.92 Å². The average molecular weight is 289 g/mol. The predicted octanol–water partition coefficient (Wildman–Crippen LogP) is 2.91. The number of ether oxygens (including phenoxy) is 1. The Bertz CT molecular complexity index is 647. The third kappa shape index (κ3) is 3.68. The normalized spacial score (nSPS) is 10.0. The van der Waals surface area contributed by atoms with Crippen LogP contribution >= 0.6 is 0 Å². The molecule has 6 heteroatoms. The highest BCUT2D eigenvalue weighted by atomic mass is 19.1. The maximum atomic E-state index is 13.7. The van der Waals surface area contributed by atoms with E-state index in [0.717, 1.165) is 0 Å². The van der Waals surface area contributed by atoms with E-state index in [2.05, 4.69) is 15.6 Å². The Morgan fingerprint density at radius 2 is 2.14 bits per heavy atom. The van der Waals surface area contributed by atoms with Crippen LogP contribution in [0.5, 0.6) is 5.75 Å². The van der Waals surface area contributed by atoms with E-state index < -0.39 is 11.7 Å². The number of nitrogens with zero attached hydrogens (tertiary/aromatic N) is 1. The number of benzene rings is 1. The van der Waals surface area contributed by atoms with Crippen molar-refractivity contribution in [1.82, 2.24) is 4.98 Å². The van der Waals surface area contributed by atoms with Crippen molar-refractivity contribution in [2.75, 3.05) is 24.3 Å². The fourth-order valence-electron chi connectivity index (χ4n) is 1.75. The molecule has 0 saturated heterocycles. The molecule has 2 N–H and O–H groups in total. The first-order valence-electron chi connectivity index (χ1n) is 6.50. The van der Waals surface area contributed by atoms with E-state index in [-0.39, 0.29) is 11.4 Å². The van der Waals surface area contributed by atoms with Gasteiger partial charge in [-0.1, -0.05) is 6.07 Å². The number of carbonyl (C=O) groups excluding carboxylic acids is 1. The highest BCUT2D eigenvalue weighted by Crippen LogP contribution is 2.21. The summed E-state index contributed by atoms with van der Waals surface area (Å²) in [5.74, 6) is 0.0335. The molecule has 0 spiro atoms. The third-order valence-corrected chi connectivity index (χ3v) is 2.76. The summed E-state index contributed by atoms with van der Waals surface area (Å²) >= 11 is 0. The van der Waals surface area contributed by atoms with Crippen LogP contribution in [-0.2, 0) is 0 Å². The van der Waals surface area contributed by atoms with Crippen LogP contribution in [0, 0.1) is 5.82 Å². The van der Waals surface area contributed by atoms with Crippen LogP contribution in [0.3, 0.4) is 0 Å². The van der Waals surface area contributed by atoms with Gasteiger partial charge in [0.25, 0.3) is 5.91 Å². The Morgan fingerprint density at radius 3 is 2.86 bits per heavy atom. The summed E-state index contributed by atoms with van der Waals surface area (Å²) in [4.78, 5) is 16.3. The molecule has 5 nitrogen and oxygen atoms in total. The molecule has 0 atom stereocenters. The molecule has 0 aliphatic rings. The second kappa shape index (κ2) is 6.69. The van der Waals surface area contributed by atoms with Gasteiger partial charge in [0.1, 0.15) is 23.1 Å². The van der Waals surface area contributed by atoms with Crippen LogP contribution in [0.15, 0.2) is 36.4 Å². The molecule has 0 radical (unpaired) electrons. The topological polar surface area (TPSA) is 63.2 Å². The summed E-state index contributed by atoms with van der Waals surface area (Å²) in [6.07, 6.45) is 0. The summed E-state index contributed by atoms with van der Waals surface area (Å²) in [6.45, 7) is 2.63. The minimum Gasteiger partial charge on any atom is -0.497 e. The van der Waals surface area contributed by atoms with E-state index in [9.17, 15) is 9.18 Å². The lowest BCUT2D eigenvalue weighted by atomic mass is 10.2. The van der Waals surface area contributed by atoms with Gasteiger partial charge in [0, 0.05) is 12.6 Å². The molecule has 1 aromatic heterocycles. The van der Waals surface area contributed by atoms with Crippen molar-refractivity contribution in [3.63, 3.8) is 0 Å². The first-order chi connectivity index (χ1) is 10.1. The molecule has 0 fully saturated rings. The van der Waals surface area contributed by atoms with Crippen LogP contribution in [0.4, 0.5) is 15.9 Å². The minimum absolute atomic E-state index is 0.0509. The number of pyridine rings is 1. The van der Waals surface area contributed by atoms with E-state index in [4.69, 9.17) is 4.74 Å². The SMILES string of the molecule is CCNc1cccc(C(=O)Nc2cc(OC)ccc2F)n1. The Balaban J connectivity index is 2.19. The van der Waals surface area contributed by atoms with E-state index in [0.29, 0.717) is 18.1 Å². The first kappa shape index (κ1) is 14.8. The van der Waals surface area contributed by atoms with Crippen molar-refractivity contribution in [2.24, 2.45) is 0 Å². The number of anilines is 2. The quantitative estimate of drug-likeness (QED) is 0.888. The molecular formula is C15H16FN3O2. The Labute approximate surface area is 122 Å². The predicted molar refractivity (Wildman–Crippen MR) is 79.3 cm³/mol. The van der Waals surface area contributed by atoms with Gasteiger partial charge in [0.15, 0.2) is 0 Å². The van der Waals surface area contributed by atoms with Crippen molar-refractivity contribution < 1.29 is 13.9 Å². The highest BCUT2D eigenvalue weighted by Gasteiger charge is 2.12. The van der Waals surface area contributed by atoms with Crippen molar-refractivity contribution in [3.05, 3.63) is 47.9 Å². The zero-order valence-electron chi connectivity index (χ0n) is 11.8. The molecule has 0 saturated carbocycles. The van der Waals surface area contributed by atoms with Crippen LogP contribution < -0.4 is 15.4 Å². The van der Waals surface area contributed by atoms with Gasteiger partial charge in [-0.05, 0) is 31.2 Å². The van der Waals surface area contributed by atoms with Crippen LogP contribution in [0.1, 0.15) is 17.4 Å². The molecule has 1 aromatic carbocycles. The van der Waals surface area contributed by atoms with Gasteiger partial charge in [-0.25, -0.2) is 9.37 Å². The summed E-state index contributed by atoms with van der Waals surface area (Å²) in [6, 6.07) is 9.16. The molecular weight excluding hydrogens is 273 g/mol. The van der Waals surface area contributed by atoms with Gasteiger partial charge >= 0.3 is 0 Å². The number of rotatable bonds is 5. The van der Waals surface area contributed by atoms with Gasteiger partial charge in [0.05, 0.1) is 12.8 Å². The van der Waals surface area contributed by atoms with Gasteiger partial charge in [-0.3, -0.25) is 4.79 Å². The number of halogens is 1. The molecule has 2 rings (SSSR count). The summed E-state index contributed by atoms with van der Waals surface area (Å²) in [5.41, 5.74) is 0.255. The molecule has 0 bridgehead atoms. The zero-order chi connectivity index (χ0) is 15.2. The molecule has 21 heavy (non-hydrogen) atoms. The maximum absolute atomic E-state index is 13.7. The molecule has 2 aromatic rings. The maximum Gasteiger partial charge on any atom is 0.274 e. The fourth-order valence-corrected chi connectivity index (χ4v) is 1.75. The van der Waals surface area contributed by atoms with Gasteiger partial charge < -0.3 is 15.4 Å². The molecule has 1 heterocycles. The van der Waals surface area contributed by atoms with E-state index in [1.165, 1.54) is 25.3 Å². The standard InChI is InChI=1S/C15H16FN3O2/c1-3-17-14-6-4-5-12(18-14)15(20)19-13-9-10(21-2)7-8-11(13)16/h4-9H,3H2,1-2H3,(H,17,18)(H,19,20). The van der Waals surface area contributed by atoms with Crippen LogP contribution in [0.25, 0.3) is 0 Å². The number of nitrogens with one attached hydrogen (secondary N) is 2. The first-order valence-corrected chi connectivity index (χ1v) is 6.50. The molecule has 110 valence electrons. The number of hydrogen-bond acceptors (Lipinski definition) is 4. The third-order valence-electron chi connectivity index (χ3n) is 2.76. The van der Waals surface area contributed by atoms with Crippen LogP contribution in [0.2, 0.25) is 0 Å². The largest absolute Gasteiger partial charge is 0.497 e. The zero-order valence-corrected chi connectivity index (χ0v) is 11.8. The Hall–Kier alpha value is -2.63. The van der Waals surface area contributed by atoms with E-state index >= 15 is 0 Å². The summed E-state index contributed by atoms with van der Waals surface area (Å²) in [7, 11) is 1.47. The van der Waals surface area contributed by atoms with Gasteiger partial charge in [-0.15, -0.1) is 0 Å². The lowest BCUT2D eigenvalue weighted by Gasteiger charge is -2.09. The highest BCUT2D eigenvalue weighted by molar-refractivity contribution is 6.03. The molecule has 0 aliphatic heterocycles. The van der Waals surface area contributed by atoms with Crippen molar-refractivity contribution >= 4 is 17.4 Å². The molecule has 0 unspecified atom stereocenters. The minimum atomic E-state index is -0.535. The van der Waals surface area contributed by atoms with Crippen molar-refractivity contribution in [3.8, 4) is 5.75 Å². The number of hydrogen-bond donors (Lipinski definition) is 2. The number of amides is 1. The summed E-state index contributed by atoms with van der Waals surface area (Å²) in [5, 5.41) is 5.50. The fraction of sp³-hybridized carbons (Fsp3) is 0.200. The van der Waals surface area contributed by atoms with Crippen LogP contribution in [-0.4, -0.2) is 24.5 Å². The lowest BCUT2D eigenvalue weighted by molar-refractivity contribution is 0.102. The average Bonchev–Trinajstić information content (AvgIpc) is 2.50. The smallest absolute Gasteiger partial charge is 0.274 e. The number of carbonyl (C=O) groups is 1. The number of aromatic nitrogens is 1. The van der Waals surface area contributed by atoms with E-state index in [1.54, 1.807) is 18.2 Å². The number of methoxy groups -OCH3 is 1. The molecule has 1 amide bonds. The Kier molecular flexibility index (Phi) is 4.71. The van der Waals surface area contributed by atoms with Gasteiger partial charge in [0.2, 0.25) is 0 Å². The second-order valence-electron chi connectivity index (χ2n) is 4.24. The van der Waals surface area contributed by atoms with Crippen molar-refractivity contribution in [1.29, 1.82) is 0 Å². The Morgan fingerprint density at radius 1 is 1.33 bits per heavy atom. The summed E-state index contributed by atoms with van der Waals surface area (Å²) < 4.78 is 18.7. The second-order valence-corrected chi connectivity index (χ2v) is 4.24. The monoisotopic (exact) mass is 289 g/mol.